The molecule has 1 aromatic carbocycles. The van der Waals surface area contributed by atoms with E-state index < -0.39 is 17.2 Å². The van der Waals surface area contributed by atoms with Gasteiger partial charge in [0.25, 0.3) is 0 Å². The van der Waals surface area contributed by atoms with Crippen molar-refractivity contribution in [2.24, 2.45) is 5.41 Å². The van der Waals surface area contributed by atoms with Crippen molar-refractivity contribution in [1.29, 1.82) is 0 Å². The number of hydrogen-bond acceptors (Lipinski definition) is 5. The molecule has 8 heteroatoms. The quantitative estimate of drug-likeness (QED) is 0.861. The highest BCUT2D eigenvalue weighted by atomic mass is 19.4. The van der Waals surface area contributed by atoms with E-state index >= 15 is 0 Å². The summed E-state index contributed by atoms with van der Waals surface area (Å²) in [6.07, 6.45) is -1.06. The second kappa shape index (κ2) is 7.72. The van der Waals surface area contributed by atoms with Gasteiger partial charge in [0.15, 0.2) is 0 Å². The minimum atomic E-state index is -4.37. The van der Waals surface area contributed by atoms with Gasteiger partial charge in [0.1, 0.15) is 0 Å². The first-order chi connectivity index (χ1) is 12.8. The molecule has 0 spiro atoms. The maximum atomic E-state index is 12.9. The number of methoxy groups -OCH3 is 1. The number of rotatable bonds is 5. The zero-order valence-electron chi connectivity index (χ0n) is 15.0. The zero-order chi connectivity index (χ0) is 19.5. The molecule has 1 aliphatic heterocycles. The maximum Gasteiger partial charge on any atom is 0.416 e. The first-order valence-electron chi connectivity index (χ1n) is 8.74. The van der Waals surface area contributed by atoms with Crippen LogP contribution in [0.2, 0.25) is 0 Å². The largest absolute Gasteiger partial charge is 0.481 e. The molecular weight excluding hydrogens is 359 g/mol. The Morgan fingerprint density at radius 3 is 2.59 bits per heavy atom. The number of piperidine rings is 1. The van der Waals surface area contributed by atoms with Crippen LogP contribution in [-0.2, 0) is 12.6 Å². The van der Waals surface area contributed by atoms with Gasteiger partial charge in [-0.1, -0.05) is 18.2 Å². The molecule has 1 aromatic heterocycles. The molecule has 146 valence electrons. The van der Waals surface area contributed by atoms with E-state index in [4.69, 9.17) is 4.74 Å². The summed E-state index contributed by atoms with van der Waals surface area (Å²) < 4.78 is 43.9. The van der Waals surface area contributed by atoms with Crippen LogP contribution in [0.15, 0.2) is 36.5 Å². The standard InChI is InChI=1S/C19H22F3N3O2/c1-27-16-5-8-23-17(24-16)25-9-6-18(13-26,7-10-25)12-14-3-2-4-15(11-14)19(20,21)22/h2-5,8,11,26H,6-7,9-10,12-13H2,1H3. The van der Waals surface area contributed by atoms with E-state index in [2.05, 4.69) is 9.97 Å². The third-order valence-electron chi connectivity index (χ3n) is 5.10. The van der Waals surface area contributed by atoms with E-state index in [-0.39, 0.29) is 6.61 Å². The average molecular weight is 381 g/mol. The molecule has 0 atom stereocenters. The molecule has 5 nitrogen and oxygen atoms in total. The summed E-state index contributed by atoms with van der Waals surface area (Å²) in [4.78, 5) is 10.6. The Kier molecular flexibility index (Phi) is 5.55. The van der Waals surface area contributed by atoms with Crippen LogP contribution < -0.4 is 9.64 Å². The lowest BCUT2D eigenvalue weighted by Gasteiger charge is -2.41. The summed E-state index contributed by atoms with van der Waals surface area (Å²) in [6, 6.07) is 7.01. The molecular formula is C19H22F3N3O2. The molecule has 0 radical (unpaired) electrons. The Labute approximate surface area is 155 Å². The summed E-state index contributed by atoms with van der Waals surface area (Å²) >= 11 is 0. The molecule has 0 bridgehead atoms. The Balaban J connectivity index is 1.71. The van der Waals surface area contributed by atoms with Crippen molar-refractivity contribution in [2.75, 3.05) is 31.7 Å². The Hall–Kier alpha value is -2.35. The van der Waals surface area contributed by atoms with E-state index in [1.807, 2.05) is 4.90 Å². The van der Waals surface area contributed by atoms with Gasteiger partial charge in [0, 0.05) is 37.4 Å². The second-order valence-electron chi connectivity index (χ2n) is 6.92. The van der Waals surface area contributed by atoms with Crippen LogP contribution in [0.1, 0.15) is 24.0 Å². The first-order valence-corrected chi connectivity index (χ1v) is 8.74. The lowest BCUT2D eigenvalue weighted by molar-refractivity contribution is -0.137. The molecule has 27 heavy (non-hydrogen) atoms. The summed E-state index contributed by atoms with van der Waals surface area (Å²) in [5, 5.41) is 9.98. The molecule has 1 N–H and O–H groups in total. The molecule has 3 rings (SSSR count). The third-order valence-corrected chi connectivity index (χ3v) is 5.10. The first kappa shape index (κ1) is 19.4. The minimum absolute atomic E-state index is 0.0734. The van der Waals surface area contributed by atoms with E-state index in [0.29, 0.717) is 49.7 Å². The highest BCUT2D eigenvalue weighted by Crippen LogP contribution is 2.37. The van der Waals surface area contributed by atoms with Gasteiger partial charge in [-0.25, -0.2) is 4.98 Å². The fourth-order valence-electron chi connectivity index (χ4n) is 3.46. The van der Waals surface area contributed by atoms with Gasteiger partial charge < -0.3 is 14.7 Å². The lowest BCUT2D eigenvalue weighted by atomic mass is 9.74. The monoisotopic (exact) mass is 381 g/mol. The van der Waals surface area contributed by atoms with Crippen molar-refractivity contribution >= 4 is 5.95 Å². The summed E-state index contributed by atoms with van der Waals surface area (Å²) in [7, 11) is 1.54. The van der Waals surface area contributed by atoms with E-state index in [0.717, 1.165) is 6.07 Å². The smallest absolute Gasteiger partial charge is 0.416 e. The maximum absolute atomic E-state index is 12.9. The molecule has 0 aliphatic carbocycles. The Morgan fingerprint density at radius 2 is 1.96 bits per heavy atom. The van der Waals surface area contributed by atoms with E-state index in [9.17, 15) is 18.3 Å². The number of benzene rings is 1. The molecule has 1 saturated heterocycles. The van der Waals surface area contributed by atoms with Crippen LogP contribution in [0.25, 0.3) is 0 Å². The highest BCUT2D eigenvalue weighted by Gasteiger charge is 2.36. The molecule has 2 aromatic rings. The average Bonchev–Trinajstić information content (AvgIpc) is 2.68. The van der Waals surface area contributed by atoms with Crippen molar-refractivity contribution < 1.29 is 23.0 Å². The molecule has 1 fully saturated rings. The van der Waals surface area contributed by atoms with Gasteiger partial charge in [-0.3, -0.25) is 0 Å². The lowest BCUT2D eigenvalue weighted by Crippen LogP contribution is -2.44. The van der Waals surface area contributed by atoms with Gasteiger partial charge in [-0.2, -0.15) is 18.2 Å². The van der Waals surface area contributed by atoms with Crippen LogP contribution in [0.5, 0.6) is 5.88 Å². The van der Waals surface area contributed by atoms with Crippen LogP contribution in [0.4, 0.5) is 19.1 Å². The van der Waals surface area contributed by atoms with Crippen LogP contribution in [-0.4, -0.2) is 41.9 Å². The van der Waals surface area contributed by atoms with Crippen molar-refractivity contribution in [3.8, 4) is 5.88 Å². The number of hydrogen-bond donors (Lipinski definition) is 1. The Bertz CT molecular complexity index is 775. The molecule has 0 saturated carbocycles. The molecule has 2 heterocycles. The summed E-state index contributed by atoms with van der Waals surface area (Å²) in [6.45, 7) is 1.16. The third kappa shape index (κ3) is 4.50. The number of aliphatic hydroxyl groups is 1. The normalized spacial score (nSPS) is 17.0. The van der Waals surface area contributed by atoms with E-state index in [1.54, 1.807) is 18.3 Å². The van der Waals surface area contributed by atoms with Crippen molar-refractivity contribution in [3.05, 3.63) is 47.7 Å². The van der Waals surface area contributed by atoms with Gasteiger partial charge in [-0.05, 0) is 30.9 Å². The predicted molar refractivity (Wildman–Crippen MR) is 94.7 cm³/mol. The van der Waals surface area contributed by atoms with E-state index in [1.165, 1.54) is 19.2 Å². The molecule has 1 aliphatic rings. The highest BCUT2D eigenvalue weighted by molar-refractivity contribution is 5.33. The van der Waals surface area contributed by atoms with Crippen LogP contribution in [0.3, 0.4) is 0 Å². The minimum Gasteiger partial charge on any atom is -0.481 e. The molecule has 0 unspecified atom stereocenters. The number of aliphatic hydroxyl groups excluding tert-OH is 1. The summed E-state index contributed by atoms with van der Waals surface area (Å²) in [5.74, 6) is 1.03. The van der Waals surface area contributed by atoms with Gasteiger partial charge in [0.2, 0.25) is 11.8 Å². The second-order valence-corrected chi connectivity index (χ2v) is 6.92. The van der Waals surface area contributed by atoms with Gasteiger partial charge in [-0.15, -0.1) is 0 Å². The number of ether oxygens (including phenoxy) is 1. The summed E-state index contributed by atoms with van der Waals surface area (Å²) in [5.41, 5.74) is -0.514. The number of nitrogens with zero attached hydrogens (tertiary/aromatic N) is 3. The fraction of sp³-hybridized carbons (Fsp3) is 0.474. The van der Waals surface area contributed by atoms with Crippen molar-refractivity contribution in [3.63, 3.8) is 0 Å². The van der Waals surface area contributed by atoms with Crippen molar-refractivity contribution in [1.82, 2.24) is 9.97 Å². The SMILES string of the molecule is COc1ccnc(N2CCC(CO)(Cc3cccc(C(F)(F)F)c3)CC2)n1. The van der Waals surface area contributed by atoms with Crippen LogP contribution >= 0.6 is 0 Å². The number of alkyl halides is 3. The van der Waals surface area contributed by atoms with Gasteiger partial charge >= 0.3 is 6.18 Å². The van der Waals surface area contributed by atoms with Crippen molar-refractivity contribution in [2.45, 2.75) is 25.4 Å². The van der Waals surface area contributed by atoms with Crippen LogP contribution in [0, 0.1) is 5.41 Å². The van der Waals surface area contributed by atoms with Gasteiger partial charge in [0.05, 0.1) is 12.7 Å². The number of anilines is 1. The topological polar surface area (TPSA) is 58.5 Å². The zero-order valence-corrected chi connectivity index (χ0v) is 15.0. The Morgan fingerprint density at radius 1 is 1.22 bits per heavy atom. The number of aromatic nitrogens is 2. The number of halogens is 3. The fourth-order valence-corrected chi connectivity index (χ4v) is 3.46. The molecule has 0 amide bonds. The predicted octanol–water partition coefficient (Wildman–Crippen LogP) is 3.33.